The molecule has 1 saturated heterocycles. The average molecular weight is 295 g/mol. The first-order valence-electron chi connectivity index (χ1n) is 6.55. The van der Waals surface area contributed by atoms with Crippen molar-refractivity contribution in [3.05, 3.63) is 33.9 Å². The number of rotatable bonds is 4. The van der Waals surface area contributed by atoms with E-state index in [1.165, 1.54) is 30.1 Å². The number of carbonyl (C=O) groups excluding carboxylic acids is 1. The summed E-state index contributed by atoms with van der Waals surface area (Å²) in [7, 11) is 1.53. The van der Waals surface area contributed by atoms with Crippen molar-refractivity contribution >= 4 is 17.3 Å². The summed E-state index contributed by atoms with van der Waals surface area (Å²) >= 11 is 0. The second-order valence-corrected chi connectivity index (χ2v) is 4.62. The highest BCUT2D eigenvalue weighted by molar-refractivity contribution is 6.01. The number of nitro benzene ring substituents is 1. The Kier molecular flexibility index (Phi) is 4.71. The minimum absolute atomic E-state index is 0.155. The lowest BCUT2D eigenvalue weighted by Crippen LogP contribution is -2.50. The van der Waals surface area contributed by atoms with E-state index in [0.717, 1.165) is 0 Å². The Balaban J connectivity index is 2.38. The van der Waals surface area contributed by atoms with Gasteiger partial charge in [-0.1, -0.05) is 6.07 Å². The number of carbonyl (C=O) groups is 1. The number of anilines is 1. The van der Waals surface area contributed by atoms with Crippen molar-refractivity contribution in [3.63, 3.8) is 0 Å². The van der Waals surface area contributed by atoms with E-state index < -0.39 is 11.0 Å². The maximum atomic E-state index is 12.6. The van der Waals surface area contributed by atoms with Crippen LogP contribution in [0.1, 0.15) is 10.4 Å². The number of nitrogens with zero attached hydrogens (tertiary/aromatic N) is 2. The van der Waals surface area contributed by atoms with Gasteiger partial charge in [0.25, 0.3) is 11.6 Å². The van der Waals surface area contributed by atoms with Gasteiger partial charge in [-0.2, -0.15) is 0 Å². The fourth-order valence-corrected chi connectivity index (χ4v) is 2.36. The molecule has 0 aromatic heterocycles. The SMILES string of the molecule is CNc1c(C(=O)N2CCOCC2CO)cccc1[N+](=O)[O-]. The van der Waals surface area contributed by atoms with E-state index in [-0.39, 0.29) is 36.1 Å². The van der Waals surface area contributed by atoms with E-state index >= 15 is 0 Å². The number of aliphatic hydroxyl groups is 1. The molecular formula is C13H17N3O5. The van der Waals surface area contributed by atoms with E-state index in [4.69, 9.17) is 4.74 Å². The van der Waals surface area contributed by atoms with Crippen LogP contribution < -0.4 is 5.32 Å². The molecule has 8 heteroatoms. The van der Waals surface area contributed by atoms with Crippen molar-refractivity contribution in [3.8, 4) is 0 Å². The van der Waals surface area contributed by atoms with Gasteiger partial charge in [0.15, 0.2) is 0 Å². The molecular weight excluding hydrogens is 278 g/mol. The van der Waals surface area contributed by atoms with E-state index in [9.17, 15) is 20.0 Å². The van der Waals surface area contributed by atoms with Crippen LogP contribution in [0, 0.1) is 10.1 Å². The van der Waals surface area contributed by atoms with E-state index in [2.05, 4.69) is 5.32 Å². The third-order valence-electron chi connectivity index (χ3n) is 3.42. The first-order chi connectivity index (χ1) is 10.1. The predicted octanol–water partition coefficient (Wildman–Crippen LogP) is 0.470. The van der Waals surface area contributed by atoms with Gasteiger partial charge in [-0.3, -0.25) is 14.9 Å². The van der Waals surface area contributed by atoms with Crippen LogP contribution in [-0.4, -0.2) is 60.3 Å². The minimum Gasteiger partial charge on any atom is -0.394 e. The number of morpholine rings is 1. The highest BCUT2D eigenvalue weighted by Crippen LogP contribution is 2.29. The summed E-state index contributed by atoms with van der Waals surface area (Å²) in [6.45, 7) is 0.767. The molecule has 2 N–H and O–H groups in total. The molecule has 114 valence electrons. The van der Waals surface area contributed by atoms with Crippen molar-refractivity contribution in [1.82, 2.24) is 4.90 Å². The molecule has 0 saturated carbocycles. The molecule has 1 amide bonds. The topological polar surface area (TPSA) is 105 Å². The van der Waals surface area contributed by atoms with Gasteiger partial charge in [0.1, 0.15) is 5.69 Å². The smallest absolute Gasteiger partial charge is 0.293 e. The maximum Gasteiger partial charge on any atom is 0.293 e. The van der Waals surface area contributed by atoms with Gasteiger partial charge in [0, 0.05) is 19.7 Å². The number of ether oxygens (including phenoxy) is 1. The molecule has 1 aliphatic rings. The van der Waals surface area contributed by atoms with Gasteiger partial charge < -0.3 is 20.1 Å². The number of nitrogens with one attached hydrogen (secondary N) is 1. The summed E-state index contributed by atoms with van der Waals surface area (Å²) in [5, 5.41) is 23.1. The number of amides is 1. The molecule has 1 atom stereocenters. The molecule has 0 bridgehead atoms. The fraction of sp³-hybridized carbons (Fsp3) is 0.462. The standard InChI is InChI=1S/C13H17N3O5/c1-14-12-10(3-2-4-11(12)16(19)20)13(18)15-5-6-21-8-9(15)7-17/h2-4,9,14,17H,5-8H2,1H3. The largest absolute Gasteiger partial charge is 0.394 e. The van der Waals surface area contributed by atoms with Gasteiger partial charge in [-0.05, 0) is 6.07 Å². The van der Waals surface area contributed by atoms with E-state index in [1.807, 2.05) is 0 Å². The summed E-state index contributed by atoms with van der Waals surface area (Å²) in [6, 6.07) is 3.91. The Bertz CT molecular complexity index is 549. The zero-order chi connectivity index (χ0) is 15.4. The van der Waals surface area contributed by atoms with Crippen LogP contribution in [0.5, 0.6) is 0 Å². The lowest BCUT2D eigenvalue weighted by atomic mass is 10.1. The van der Waals surface area contributed by atoms with Crippen LogP contribution >= 0.6 is 0 Å². The van der Waals surface area contributed by atoms with Crippen molar-refractivity contribution in [1.29, 1.82) is 0 Å². The van der Waals surface area contributed by atoms with Crippen molar-refractivity contribution in [2.45, 2.75) is 6.04 Å². The lowest BCUT2D eigenvalue weighted by molar-refractivity contribution is -0.384. The predicted molar refractivity (Wildman–Crippen MR) is 75.4 cm³/mol. The first kappa shape index (κ1) is 15.2. The minimum atomic E-state index is -0.536. The fourth-order valence-electron chi connectivity index (χ4n) is 2.36. The van der Waals surface area contributed by atoms with Crippen LogP contribution in [0.25, 0.3) is 0 Å². The van der Waals surface area contributed by atoms with Crippen molar-refractivity contribution in [2.75, 3.05) is 38.7 Å². The molecule has 8 nitrogen and oxygen atoms in total. The lowest BCUT2D eigenvalue weighted by Gasteiger charge is -2.34. The number of para-hydroxylation sites is 1. The monoisotopic (exact) mass is 295 g/mol. The molecule has 1 fully saturated rings. The zero-order valence-electron chi connectivity index (χ0n) is 11.6. The molecule has 0 spiro atoms. The number of hydrogen-bond acceptors (Lipinski definition) is 6. The maximum absolute atomic E-state index is 12.6. The number of hydrogen-bond donors (Lipinski definition) is 2. The summed E-state index contributed by atoms with van der Waals surface area (Å²) < 4.78 is 5.23. The first-order valence-corrected chi connectivity index (χ1v) is 6.55. The van der Waals surface area contributed by atoms with Gasteiger partial charge >= 0.3 is 0 Å². The molecule has 0 radical (unpaired) electrons. The van der Waals surface area contributed by atoms with Crippen LogP contribution in [0.4, 0.5) is 11.4 Å². The summed E-state index contributed by atoms with van der Waals surface area (Å²) in [4.78, 5) is 24.6. The molecule has 1 heterocycles. The van der Waals surface area contributed by atoms with Crippen molar-refractivity contribution in [2.24, 2.45) is 0 Å². The van der Waals surface area contributed by atoms with Gasteiger partial charge in [-0.15, -0.1) is 0 Å². The van der Waals surface area contributed by atoms with Crippen LogP contribution in [0.15, 0.2) is 18.2 Å². The van der Waals surface area contributed by atoms with Crippen LogP contribution in [0.3, 0.4) is 0 Å². The second-order valence-electron chi connectivity index (χ2n) is 4.62. The van der Waals surface area contributed by atoms with Gasteiger partial charge in [-0.25, -0.2) is 0 Å². The highest BCUT2D eigenvalue weighted by atomic mass is 16.6. The molecule has 1 aromatic carbocycles. The molecule has 1 aromatic rings. The number of aliphatic hydroxyl groups excluding tert-OH is 1. The highest BCUT2D eigenvalue weighted by Gasteiger charge is 2.30. The zero-order valence-corrected chi connectivity index (χ0v) is 11.6. The molecule has 1 aliphatic heterocycles. The Labute approximate surface area is 121 Å². The Hall–Kier alpha value is -2.19. The van der Waals surface area contributed by atoms with Crippen molar-refractivity contribution < 1.29 is 19.6 Å². The van der Waals surface area contributed by atoms with Crippen LogP contribution in [0.2, 0.25) is 0 Å². The third kappa shape index (κ3) is 2.96. The van der Waals surface area contributed by atoms with Gasteiger partial charge in [0.2, 0.25) is 0 Å². The van der Waals surface area contributed by atoms with E-state index in [0.29, 0.717) is 13.2 Å². The van der Waals surface area contributed by atoms with E-state index in [1.54, 1.807) is 0 Å². The van der Waals surface area contributed by atoms with Crippen LogP contribution in [-0.2, 0) is 4.74 Å². The third-order valence-corrected chi connectivity index (χ3v) is 3.42. The van der Waals surface area contributed by atoms with Gasteiger partial charge in [0.05, 0.1) is 36.3 Å². The average Bonchev–Trinajstić information content (AvgIpc) is 2.53. The quantitative estimate of drug-likeness (QED) is 0.618. The molecule has 1 unspecified atom stereocenters. The number of benzene rings is 1. The molecule has 0 aliphatic carbocycles. The second kappa shape index (κ2) is 6.51. The molecule has 21 heavy (non-hydrogen) atoms. The normalized spacial score (nSPS) is 18.4. The summed E-state index contributed by atoms with van der Waals surface area (Å²) in [5.74, 6) is -0.356. The Morgan fingerprint density at radius 3 is 3.00 bits per heavy atom. The Morgan fingerprint density at radius 2 is 2.38 bits per heavy atom. The molecule has 2 rings (SSSR count). The summed E-state index contributed by atoms with van der Waals surface area (Å²) in [5.41, 5.74) is 0.236. The number of nitro groups is 1. The Morgan fingerprint density at radius 1 is 1.62 bits per heavy atom. The summed E-state index contributed by atoms with van der Waals surface area (Å²) in [6.07, 6.45) is 0.